The predicted octanol–water partition coefficient (Wildman–Crippen LogP) is 0.725. The van der Waals surface area contributed by atoms with Gasteiger partial charge in [-0.1, -0.05) is 6.58 Å². The summed E-state index contributed by atoms with van der Waals surface area (Å²) in [4.78, 5) is 14.8. The van der Waals surface area contributed by atoms with E-state index in [0.29, 0.717) is 11.7 Å². The normalized spacial score (nSPS) is 22.4. The third-order valence-electron chi connectivity index (χ3n) is 2.46. The first kappa shape index (κ1) is 10.3. The van der Waals surface area contributed by atoms with Crippen molar-refractivity contribution >= 4 is 6.29 Å². The minimum absolute atomic E-state index is 0.479. The number of rotatable bonds is 4. The number of hydrogen-bond donors (Lipinski definition) is 0. The highest BCUT2D eigenvalue weighted by Crippen LogP contribution is 2.20. The summed E-state index contributed by atoms with van der Waals surface area (Å²) >= 11 is 0. The Morgan fingerprint density at radius 2 is 2.38 bits per heavy atom. The largest absolute Gasteiger partial charge is 0.365 e. The maximum Gasteiger partial charge on any atom is 0.165 e. The van der Waals surface area contributed by atoms with Gasteiger partial charge in [0.05, 0.1) is 5.70 Å². The Hall–Kier alpha value is -0.830. The van der Waals surface area contributed by atoms with E-state index in [1.807, 2.05) is 0 Å². The van der Waals surface area contributed by atoms with Gasteiger partial charge in [0.2, 0.25) is 0 Å². The standard InChI is InChI=1S/C10H18N2O/c1-9(8-13)12-6-4-5-10(12)7-11(2)3/h8,10H,1,4-7H2,2-3H3. The summed E-state index contributed by atoms with van der Waals surface area (Å²) in [6.45, 7) is 5.74. The van der Waals surface area contributed by atoms with Gasteiger partial charge in [-0.15, -0.1) is 0 Å². The van der Waals surface area contributed by atoms with Gasteiger partial charge in [0.25, 0.3) is 0 Å². The van der Waals surface area contributed by atoms with Crippen LogP contribution in [0, 0.1) is 0 Å². The Kier molecular flexibility index (Phi) is 3.48. The van der Waals surface area contributed by atoms with Crippen LogP contribution in [0.5, 0.6) is 0 Å². The molecule has 13 heavy (non-hydrogen) atoms. The molecule has 0 aromatic rings. The van der Waals surface area contributed by atoms with Crippen LogP contribution in [0.4, 0.5) is 0 Å². The summed E-state index contributed by atoms with van der Waals surface area (Å²) in [5, 5.41) is 0. The maximum atomic E-state index is 10.6. The fourth-order valence-corrected chi connectivity index (χ4v) is 1.89. The molecule has 0 aromatic heterocycles. The molecule has 0 bridgehead atoms. The zero-order valence-electron chi connectivity index (χ0n) is 8.49. The number of carbonyl (C=O) groups excluding carboxylic acids is 1. The van der Waals surface area contributed by atoms with Crippen molar-refractivity contribution in [2.75, 3.05) is 27.2 Å². The number of nitrogens with zero attached hydrogens (tertiary/aromatic N) is 2. The van der Waals surface area contributed by atoms with Gasteiger partial charge in [-0.25, -0.2) is 0 Å². The van der Waals surface area contributed by atoms with Crippen molar-refractivity contribution in [2.24, 2.45) is 0 Å². The minimum atomic E-state index is 0.479. The van der Waals surface area contributed by atoms with Gasteiger partial charge in [-0.2, -0.15) is 0 Å². The molecule has 3 nitrogen and oxygen atoms in total. The van der Waals surface area contributed by atoms with Gasteiger partial charge < -0.3 is 9.80 Å². The number of aldehydes is 1. The van der Waals surface area contributed by atoms with E-state index in [9.17, 15) is 4.79 Å². The lowest BCUT2D eigenvalue weighted by Crippen LogP contribution is -2.37. The Balaban J connectivity index is 2.53. The molecule has 3 heteroatoms. The van der Waals surface area contributed by atoms with Gasteiger partial charge in [-0.3, -0.25) is 4.79 Å². The smallest absolute Gasteiger partial charge is 0.165 e. The zero-order valence-corrected chi connectivity index (χ0v) is 8.49. The first-order valence-electron chi connectivity index (χ1n) is 4.70. The molecule has 0 spiro atoms. The average Bonchev–Trinajstić information content (AvgIpc) is 2.50. The Labute approximate surface area is 80.0 Å². The van der Waals surface area contributed by atoms with Crippen LogP contribution in [-0.2, 0) is 4.79 Å². The van der Waals surface area contributed by atoms with Crippen molar-refractivity contribution in [1.29, 1.82) is 0 Å². The van der Waals surface area contributed by atoms with E-state index < -0.39 is 0 Å². The lowest BCUT2D eigenvalue weighted by atomic mass is 10.2. The van der Waals surface area contributed by atoms with Crippen LogP contribution >= 0.6 is 0 Å². The van der Waals surface area contributed by atoms with Crippen LogP contribution in [0.1, 0.15) is 12.8 Å². The molecule has 0 saturated carbocycles. The van der Waals surface area contributed by atoms with Crippen LogP contribution in [0.2, 0.25) is 0 Å². The number of allylic oxidation sites excluding steroid dienone is 1. The SMILES string of the molecule is C=C(C=O)N1CCCC1CN(C)C. The molecule has 0 aliphatic carbocycles. The highest BCUT2D eigenvalue weighted by molar-refractivity contribution is 5.71. The van der Waals surface area contributed by atoms with Crippen molar-refractivity contribution in [3.8, 4) is 0 Å². The summed E-state index contributed by atoms with van der Waals surface area (Å²) in [5.74, 6) is 0. The summed E-state index contributed by atoms with van der Waals surface area (Å²) in [7, 11) is 4.11. The quantitative estimate of drug-likeness (QED) is 0.473. The molecule has 0 aromatic carbocycles. The fourth-order valence-electron chi connectivity index (χ4n) is 1.89. The molecule has 1 heterocycles. The number of likely N-dealkylation sites (N-methyl/N-ethyl adjacent to an activating group) is 1. The number of likely N-dealkylation sites (tertiary alicyclic amines) is 1. The predicted molar refractivity (Wildman–Crippen MR) is 53.5 cm³/mol. The number of carbonyl (C=O) groups is 1. The third-order valence-corrected chi connectivity index (χ3v) is 2.46. The maximum absolute atomic E-state index is 10.6. The first-order chi connectivity index (χ1) is 6.15. The van der Waals surface area contributed by atoms with Crippen LogP contribution in [0.3, 0.4) is 0 Å². The van der Waals surface area contributed by atoms with E-state index in [4.69, 9.17) is 0 Å². The molecule has 1 unspecified atom stereocenters. The summed E-state index contributed by atoms with van der Waals surface area (Å²) in [6.07, 6.45) is 3.20. The van der Waals surface area contributed by atoms with Crippen molar-refractivity contribution in [3.05, 3.63) is 12.3 Å². The van der Waals surface area contributed by atoms with Gasteiger partial charge in [0.1, 0.15) is 0 Å². The number of hydrogen-bond acceptors (Lipinski definition) is 3. The van der Waals surface area contributed by atoms with Crippen molar-refractivity contribution in [3.63, 3.8) is 0 Å². The van der Waals surface area contributed by atoms with Gasteiger partial charge in [0.15, 0.2) is 6.29 Å². The second-order valence-corrected chi connectivity index (χ2v) is 3.86. The molecule has 1 rings (SSSR count). The zero-order chi connectivity index (χ0) is 9.84. The summed E-state index contributed by atoms with van der Waals surface area (Å²) in [6, 6.07) is 0.479. The lowest BCUT2D eigenvalue weighted by Gasteiger charge is -2.28. The van der Waals surface area contributed by atoms with Crippen LogP contribution in [0.15, 0.2) is 12.3 Å². The second kappa shape index (κ2) is 4.42. The van der Waals surface area contributed by atoms with E-state index in [2.05, 4.69) is 30.5 Å². The summed E-state index contributed by atoms with van der Waals surface area (Å²) in [5.41, 5.74) is 0.629. The van der Waals surface area contributed by atoms with Crippen LogP contribution < -0.4 is 0 Å². The van der Waals surface area contributed by atoms with E-state index in [-0.39, 0.29) is 0 Å². The molecule has 0 amide bonds. The average molecular weight is 182 g/mol. The van der Waals surface area contributed by atoms with E-state index in [1.165, 1.54) is 12.8 Å². The molecule has 1 fully saturated rings. The van der Waals surface area contributed by atoms with E-state index >= 15 is 0 Å². The highest BCUT2D eigenvalue weighted by Gasteiger charge is 2.25. The van der Waals surface area contributed by atoms with Crippen molar-refractivity contribution in [1.82, 2.24) is 9.80 Å². The monoisotopic (exact) mass is 182 g/mol. The Morgan fingerprint density at radius 3 is 2.92 bits per heavy atom. The second-order valence-electron chi connectivity index (χ2n) is 3.86. The van der Waals surface area contributed by atoms with E-state index in [0.717, 1.165) is 19.4 Å². The lowest BCUT2D eigenvalue weighted by molar-refractivity contribution is -0.106. The van der Waals surface area contributed by atoms with Gasteiger partial charge in [0, 0.05) is 19.1 Å². The molecule has 1 aliphatic heterocycles. The Bertz CT molecular complexity index is 201. The highest BCUT2D eigenvalue weighted by atomic mass is 16.1. The van der Waals surface area contributed by atoms with Crippen molar-refractivity contribution in [2.45, 2.75) is 18.9 Å². The Morgan fingerprint density at radius 1 is 1.69 bits per heavy atom. The molecule has 1 aliphatic rings. The summed E-state index contributed by atoms with van der Waals surface area (Å²) < 4.78 is 0. The molecule has 74 valence electrons. The molecular formula is C10H18N2O. The molecule has 0 N–H and O–H groups in total. The van der Waals surface area contributed by atoms with Crippen LogP contribution in [0.25, 0.3) is 0 Å². The topological polar surface area (TPSA) is 23.6 Å². The molecule has 1 atom stereocenters. The first-order valence-corrected chi connectivity index (χ1v) is 4.70. The van der Waals surface area contributed by atoms with Crippen LogP contribution in [-0.4, -0.2) is 49.3 Å². The molecular weight excluding hydrogens is 164 g/mol. The van der Waals surface area contributed by atoms with Gasteiger partial charge in [-0.05, 0) is 26.9 Å². The van der Waals surface area contributed by atoms with Crippen molar-refractivity contribution < 1.29 is 4.79 Å². The fraction of sp³-hybridized carbons (Fsp3) is 0.700. The third kappa shape index (κ3) is 2.56. The minimum Gasteiger partial charge on any atom is -0.365 e. The molecule has 0 radical (unpaired) electrons. The van der Waals surface area contributed by atoms with Gasteiger partial charge >= 0.3 is 0 Å². The molecule has 1 saturated heterocycles. The van der Waals surface area contributed by atoms with E-state index in [1.54, 1.807) is 0 Å².